The molecule has 0 aliphatic heterocycles. The first-order valence-electron chi connectivity index (χ1n) is 4.54. The molecule has 98 valence electrons. The molecule has 0 aliphatic rings. The Labute approximate surface area is 131 Å². The SMILES string of the molecule is COC(=O)c1c[c-]c(C(=O)O)c(C)c1S(=O)(=O)O.[Na+]. The third-order valence-corrected chi connectivity index (χ3v) is 3.24. The number of aromatic carboxylic acids is 1. The average Bonchev–Trinajstić information content (AvgIpc) is 2.25. The molecule has 0 aliphatic carbocycles. The molecule has 0 amide bonds. The number of carboxylic acids is 1. The fourth-order valence-corrected chi connectivity index (χ4v) is 2.36. The molecule has 0 spiro atoms. The molecular formula is C10H9NaO7S. The van der Waals surface area contributed by atoms with Gasteiger partial charge in [0.05, 0.1) is 7.11 Å². The molecule has 0 unspecified atom stereocenters. The van der Waals surface area contributed by atoms with Crippen LogP contribution >= 0.6 is 0 Å². The van der Waals surface area contributed by atoms with Gasteiger partial charge < -0.3 is 14.6 Å². The second-order valence-electron chi connectivity index (χ2n) is 3.30. The van der Waals surface area contributed by atoms with Crippen LogP contribution in [0.5, 0.6) is 0 Å². The summed E-state index contributed by atoms with van der Waals surface area (Å²) in [5.41, 5.74) is -1.20. The van der Waals surface area contributed by atoms with Gasteiger partial charge in [0.25, 0.3) is 16.1 Å². The van der Waals surface area contributed by atoms with E-state index in [1.807, 2.05) is 0 Å². The van der Waals surface area contributed by atoms with Crippen molar-refractivity contribution in [1.29, 1.82) is 0 Å². The summed E-state index contributed by atoms with van der Waals surface area (Å²) in [6.07, 6.45) is 0. The second kappa shape index (κ2) is 6.49. The summed E-state index contributed by atoms with van der Waals surface area (Å²) in [6.45, 7) is 1.15. The molecule has 1 aromatic rings. The largest absolute Gasteiger partial charge is 1.00 e. The molecule has 1 rings (SSSR count). The van der Waals surface area contributed by atoms with E-state index >= 15 is 0 Å². The Hall–Kier alpha value is -0.930. The van der Waals surface area contributed by atoms with Crippen molar-refractivity contribution in [2.75, 3.05) is 7.11 Å². The normalized spacial score (nSPS) is 10.5. The van der Waals surface area contributed by atoms with Crippen LogP contribution in [0.3, 0.4) is 0 Å². The fourth-order valence-electron chi connectivity index (χ4n) is 1.45. The van der Waals surface area contributed by atoms with Gasteiger partial charge in [-0.05, 0) is 5.56 Å². The number of methoxy groups -OCH3 is 1. The quantitative estimate of drug-likeness (QED) is 0.275. The van der Waals surface area contributed by atoms with E-state index < -0.39 is 38.1 Å². The van der Waals surface area contributed by atoms with Crippen LogP contribution in [0.4, 0.5) is 0 Å². The zero-order valence-electron chi connectivity index (χ0n) is 10.4. The molecule has 9 heteroatoms. The zero-order chi connectivity index (χ0) is 14.1. The minimum atomic E-state index is -4.76. The van der Waals surface area contributed by atoms with Crippen molar-refractivity contribution in [3.63, 3.8) is 0 Å². The number of benzene rings is 1. The van der Waals surface area contributed by atoms with Crippen LogP contribution in [-0.2, 0) is 14.9 Å². The van der Waals surface area contributed by atoms with Crippen LogP contribution in [0.15, 0.2) is 11.0 Å². The average molecular weight is 296 g/mol. The van der Waals surface area contributed by atoms with Crippen LogP contribution in [0.2, 0.25) is 0 Å². The third kappa shape index (κ3) is 3.77. The maximum absolute atomic E-state index is 11.3. The summed E-state index contributed by atoms with van der Waals surface area (Å²) in [4.78, 5) is 21.4. The Balaban J connectivity index is 0.00000324. The molecule has 1 aromatic carbocycles. The Bertz CT molecular complexity index is 621. The topological polar surface area (TPSA) is 118 Å². The van der Waals surface area contributed by atoms with Gasteiger partial charge in [0, 0.05) is 4.90 Å². The summed E-state index contributed by atoms with van der Waals surface area (Å²) in [7, 11) is -3.74. The van der Waals surface area contributed by atoms with Crippen molar-refractivity contribution in [3.8, 4) is 0 Å². The minimum absolute atomic E-state index is 0. The molecule has 0 saturated heterocycles. The van der Waals surface area contributed by atoms with Gasteiger partial charge in [-0.3, -0.25) is 9.35 Å². The Morgan fingerprint density at radius 1 is 1.37 bits per heavy atom. The van der Waals surface area contributed by atoms with E-state index in [9.17, 15) is 18.0 Å². The van der Waals surface area contributed by atoms with Crippen LogP contribution in [0.25, 0.3) is 0 Å². The standard InChI is InChI=1S/C10H9O7S.Na/c1-5-6(9(11)12)3-4-7(10(13)17-2)8(5)18(14,15)16;/h4H,1-2H3,(H,11,12)(H,14,15,16);/q-1;+1. The number of hydrogen-bond acceptors (Lipinski definition) is 5. The van der Waals surface area contributed by atoms with Crippen molar-refractivity contribution in [3.05, 3.63) is 28.8 Å². The van der Waals surface area contributed by atoms with E-state index in [1.165, 1.54) is 0 Å². The molecular weight excluding hydrogens is 287 g/mol. The van der Waals surface area contributed by atoms with Gasteiger partial charge in [0.1, 0.15) is 0 Å². The van der Waals surface area contributed by atoms with Crippen molar-refractivity contribution >= 4 is 22.1 Å². The maximum atomic E-state index is 11.3. The molecule has 2 N–H and O–H groups in total. The van der Waals surface area contributed by atoms with Gasteiger partial charge in [-0.2, -0.15) is 8.42 Å². The van der Waals surface area contributed by atoms with Crippen LogP contribution in [0, 0.1) is 13.0 Å². The van der Waals surface area contributed by atoms with Crippen molar-refractivity contribution in [2.45, 2.75) is 11.8 Å². The predicted octanol–water partition coefficient (Wildman–Crippen LogP) is -2.47. The maximum Gasteiger partial charge on any atom is 1.00 e. The van der Waals surface area contributed by atoms with Gasteiger partial charge in [-0.25, -0.2) is 0 Å². The molecule has 0 heterocycles. The smallest absolute Gasteiger partial charge is 0.521 e. The molecule has 0 fully saturated rings. The molecule has 0 saturated carbocycles. The number of ether oxygens (including phenoxy) is 1. The summed E-state index contributed by atoms with van der Waals surface area (Å²) in [6, 6.07) is 3.11. The number of carbonyl (C=O) groups is 2. The summed E-state index contributed by atoms with van der Waals surface area (Å²) < 4.78 is 35.8. The van der Waals surface area contributed by atoms with Crippen LogP contribution in [-0.4, -0.2) is 37.1 Å². The molecule has 0 radical (unpaired) electrons. The van der Waals surface area contributed by atoms with E-state index in [-0.39, 0.29) is 35.1 Å². The Morgan fingerprint density at radius 3 is 2.26 bits per heavy atom. The molecule has 0 aromatic heterocycles. The summed E-state index contributed by atoms with van der Waals surface area (Å²) >= 11 is 0. The van der Waals surface area contributed by atoms with E-state index in [1.54, 1.807) is 0 Å². The Morgan fingerprint density at radius 2 is 1.89 bits per heavy atom. The van der Waals surface area contributed by atoms with Gasteiger partial charge in [-0.15, -0.1) is 17.7 Å². The number of hydrogen-bond donors (Lipinski definition) is 2. The van der Waals surface area contributed by atoms with Gasteiger partial charge in [0.2, 0.25) is 5.97 Å². The molecule has 19 heavy (non-hydrogen) atoms. The number of esters is 1. The van der Waals surface area contributed by atoms with E-state index in [4.69, 9.17) is 9.66 Å². The first kappa shape index (κ1) is 18.1. The molecule has 0 bridgehead atoms. The monoisotopic (exact) mass is 296 g/mol. The molecule has 7 nitrogen and oxygen atoms in total. The number of carboxylic acid groups (broad SMARTS) is 1. The third-order valence-electron chi connectivity index (χ3n) is 2.20. The van der Waals surface area contributed by atoms with Crippen molar-refractivity contribution < 1.29 is 62.0 Å². The van der Waals surface area contributed by atoms with Crippen molar-refractivity contribution in [1.82, 2.24) is 0 Å². The van der Waals surface area contributed by atoms with E-state index in [0.29, 0.717) is 0 Å². The van der Waals surface area contributed by atoms with Crippen LogP contribution in [0.1, 0.15) is 26.3 Å². The first-order valence-corrected chi connectivity index (χ1v) is 5.98. The predicted molar refractivity (Wildman–Crippen MR) is 58.1 cm³/mol. The minimum Gasteiger partial charge on any atom is -0.521 e. The number of carbonyl (C=O) groups excluding carboxylic acids is 1. The first-order chi connectivity index (χ1) is 8.20. The van der Waals surface area contributed by atoms with Gasteiger partial charge >= 0.3 is 29.6 Å². The van der Waals surface area contributed by atoms with Crippen LogP contribution < -0.4 is 29.6 Å². The summed E-state index contributed by atoms with van der Waals surface area (Å²) in [5, 5.41) is 8.82. The van der Waals surface area contributed by atoms with Gasteiger partial charge in [0.15, 0.2) is 0 Å². The van der Waals surface area contributed by atoms with Gasteiger partial charge in [-0.1, -0.05) is 12.5 Å². The Kier molecular flexibility index (Phi) is 6.17. The fraction of sp³-hybridized carbons (Fsp3) is 0.200. The second-order valence-corrected chi connectivity index (χ2v) is 4.66. The van der Waals surface area contributed by atoms with E-state index in [0.717, 1.165) is 20.1 Å². The van der Waals surface area contributed by atoms with E-state index in [2.05, 4.69) is 10.8 Å². The number of rotatable bonds is 3. The summed E-state index contributed by atoms with van der Waals surface area (Å²) in [5.74, 6) is -2.44. The zero-order valence-corrected chi connectivity index (χ0v) is 13.2. The molecule has 0 atom stereocenters. The van der Waals surface area contributed by atoms with Crippen molar-refractivity contribution in [2.24, 2.45) is 0 Å².